The molecule has 2 rings (SSSR count). The number of hydrogen-bond acceptors (Lipinski definition) is 2. The fraction of sp³-hybridized carbons (Fsp3) is 0.385. The Morgan fingerprint density at radius 2 is 1.80 bits per heavy atom. The Hall–Kier alpha value is -1.15. The number of Topliss-reactive ketones (excluding diaryl/α,β-unsaturated/α-hetero) is 1. The zero-order valence-electron chi connectivity index (χ0n) is 8.86. The average Bonchev–Trinajstić information content (AvgIpc) is 2.30. The molecule has 80 valence electrons. The fourth-order valence-electron chi connectivity index (χ4n) is 2.03. The molecule has 2 nitrogen and oxygen atoms in total. The minimum absolute atomic E-state index is 0.199. The molecule has 1 aliphatic rings. The first-order chi connectivity index (χ1) is 7.27. The zero-order chi connectivity index (χ0) is 10.7. The van der Waals surface area contributed by atoms with Crippen LogP contribution in [0.3, 0.4) is 0 Å². The van der Waals surface area contributed by atoms with Crippen molar-refractivity contribution in [2.45, 2.75) is 12.8 Å². The number of rotatable bonds is 2. The van der Waals surface area contributed by atoms with E-state index < -0.39 is 0 Å². The van der Waals surface area contributed by atoms with E-state index in [1.165, 1.54) is 0 Å². The zero-order valence-corrected chi connectivity index (χ0v) is 8.86. The van der Waals surface area contributed by atoms with Gasteiger partial charge in [-0.2, -0.15) is 0 Å². The van der Waals surface area contributed by atoms with Crippen molar-refractivity contribution in [1.29, 1.82) is 0 Å². The normalized spacial score (nSPS) is 19.0. The van der Waals surface area contributed by atoms with Gasteiger partial charge < -0.3 is 4.90 Å². The van der Waals surface area contributed by atoms with E-state index in [0.717, 1.165) is 31.5 Å². The number of ketones is 1. The van der Waals surface area contributed by atoms with Crippen LogP contribution in [-0.2, 0) is 0 Å². The molecule has 0 aromatic heterocycles. The van der Waals surface area contributed by atoms with Crippen molar-refractivity contribution >= 4 is 5.78 Å². The first-order valence-corrected chi connectivity index (χ1v) is 5.42. The van der Waals surface area contributed by atoms with Gasteiger partial charge in [0.05, 0.1) is 0 Å². The molecule has 1 aliphatic heterocycles. The largest absolute Gasteiger partial charge is 0.459 e. The number of piperidine rings is 1. The van der Waals surface area contributed by atoms with Crippen LogP contribution >= 0.6 is 0 Å². The van der Waals surface area contributed by atoms with Crippen molar-refractivity contribution in [3.63, 3.8) is 0 Å². The lowest BCUT2D eigenvalue weighted by molar-refractivity contribution is 0.0864. The Morgan fingerprint density at radius 1 is 1.20 bits per heavy atom. The lowest BCUT2D eigenvalue weighted by Gasteiger charge is -2.33. The van der Waals surface area contributed by atoms with Gasteiger partial charge in [-0.25, -0.2) is 0 Å². The number of carbonyl (C=O) groups is 1. The maximum atomic E-state index is 12.1. The molecule has 0 bridgehead atoms. The van der Waals surface area contributed by atoms with E-state index in [0.29, 0.717) is 5.78 Å². The molecule has 0 N–H and O–H groups in total. The van der Waals surface area contributed by atoms with E-state index in [9.17, 15) is 4.79 Å². The fourth-order valence-corrected chi connectivity index (χ4v) is 2.03. The highest BCUT2D eigenvalue weighted by Gasteiger charge is 2.22. The van der Waals surface area contributed by atoms with Crippen LogP contribution in [0.2, 0.25) is 0 Å². The van der Waals surface area contributed by atoms with E-state index in [-0.39, 0.29) is 5.92 Å². The molecule has 0 aliphatic carbocycles. The summed E-state index contributed by atoms with van der Waals surface area (Å²) in [4.78, 5) is 14.1. The van der Waals surface area contributed by atoms with Gasteiger partial charge in [0.1, 0.15) is 0 Å². The summed E-state index contributed by atoms with van der Waals surface area (Å²) in [5, 5.41) is 0. The smallest absolute Gasteiger partial charge is 0.166 e. The summed E-state index contributed by atoms with van der Waals surface area (Å²) >= 11 is 0. The third kappa shape index (κ3) is 2.45. The van der Waals surface area contributed by atoms with Crippen molar-refractivity contribution in [2.24, 2.45) is 5.92 Å². The second-order valence-electron chi connectivity index (χ2n) is 4.12. The Labute approximate surface area is 90.9 Å². The quantitative estimate of drug-likeness (QED) is 0.542. The monoisotopic (exact) mass is 202 g/mol. The number of likely N-dealkylation sites (tertiary alicyclic amines) is 1. The van der Waals surface area contributed by atoms with Crippen molar-refractivity contribution in [3.05, 3.63) is 42.9 Å². The second kappa shape index (κ2) is 4.58. The van der Waals surface area contributed by atoms with Gasteiger partial charge in [0.15, 0.2) is 5.78 Å². The topological polar surface area (TPSA) is 20.3 Å². The van der Waals surface area contributed by atoms with Gasteiger partial charge in [0, 0.05) is 11.5 Å². The summed E-state index contributed by atoms with van der Waals surface area (Å²) < 4.78 is 0. The lowest BCUT2D eigenvalue weighted by atomic mass is 9.89. The van der Waals surface area contributed by atoms with Crippen molar-refractivity contribution in [3.8, 4) is 0 Å². The molecular formula is C13H16NO-. The van der Waals surface area contributed by atoms with Crippen LogP contribution in [0.4, 0.5) is 0 Å². The van der Waals surface area contributed by atoms with Gasteiger partial charge >= 0.3 is 0 Å². The molecule has 1 aromatic carbocycles. The predicted molar refractivity (Wildman–Crippen MR) is 60.4 cm³/mol. The molecule has 1 saturated heterocycles. The summed E-state index contributed by atoms with van der Waals surface area (Å²) in [5.74, 6) is 0.495. The predicted octanol–water partition coefficient (Wildman–Crippen LogP) is 2.37. The molecule has 2 heteroatoms. The lowest BCUT2D eigenvalue weighted by Crippen LogP contribution is -2.32. The summed E-state index contributed by atoms with van der Waals surface area (Å²) in [6.45, 7) is 1.87. The van der Waals surface area contributed by atoms with E-state index in [1.807, 2.05) is 35.2 Å². The Morgan fingerprint density at radius 3 is 2.40 bits per heavy atom. The maximum Gasteiger partial charge on any atom is 0.166 e. The number of benzene rings is 1. The number of carbonyl (C=O) groups excluding carboxylic acids is 1. The van der Waals surface area contributed by atoms with Crippen molar-refractivity contribution in [1.82, 2.24) is 4.90 Å². The molecule has 1 fully saturated rings. The Balaban J connectivity index is 2.03. The SMILES string of the molecule is [CH2-]N1CCC(C(=O)c2ccccc2)CC1. The first-order valence-electron chi connectivity index (χ1n) is 5.42. The molecule has 0 radical (unpaired) electrons. The van der Waals surface area contributed by atoms with Crippen LogP contribution in [-0.4, -0.2) is 23.8 Å². The van der Waals surface area contributed by atoms with Gasteiger partial charge in [0.25, 0.3) is 0 Å². The summed E-state index contributed by atoms with van der Waals surface area (Å²) in [7, 11) is 3.89. The molecule has 0 amide bonds. The number of nitrogens with zero attached hydrogens (tertiary/aromatic N) is 1. The van der Waals surface area contributed by atoms with Gasteiger partial charge in [-0.1, -0.05) is 30.3 Å². The van der Waals surface area contributed by atoms with E-state index in [4.69, 9.17) is 0 Å². The third-order valence-electron chi connectivity index (χ3n) is 3.02. The average molecular weight is 202 g/mol. The number of hydrogen-bond donors (Lipinski definition) is 0. The van der Waals surface area contributed by atoms with Gasteiger partial charge in [-0.05, 0) is 25.9 Å². The van der Waals surface area contributed by atoms with Gasteiger partial charge in [-0.3, -0.25) is 11.8 Å². The van der Waals surface area contributed by atoms with Crippen LogP contribution in [0.25, 0.3) is 0 Å². The van der Waals surface area contributed by atoms with Crippen molar-refractivity contribution < 1.29 is 4.79 Å². The summed E-state index contributed by atoms with van der Waals surface area (Å²) in [6.07, 6.45) is 1.88. The second-order valence-corrected chi connectivity index (χ2v) is 4.12. The minimum Gasteiger partial charge on any atom is -0.459 e. The van der Waals surface area contributed by atoms with Crippen LogP contribution in [0.1, 0.15) is 23.2 Å². The van der Waals surface area contributed by atoms with Crippen molar-refractivity contribution in [2.75, 3.05) is 13.1 Å². The van der Waals surface area contributed by atoms with E-state index in [2.05, 4.69) is 7.05 Å². The Kier molecular flexibility index (Phi) is 3.17. The summed E-state index contributed by atoms with van der Waals surface area (Å²) in [5.41, 5.74) is 0.847. The van der Waals surface area contributed by atoms with Gasteiger partial charge in [0.2, 0.25) is 0 Å². The molecule has 1 heterocycles. The van der Waals surface area contributed by atoms with Crippen LogP contribution < -0.4 is 0 Å². The Bertz CT molecular complexity index is 326. The molecule has 0 unspecified atom stereocenters. The molecule has 15 heavy (non-hydrogen) atoms. The highest BCUT2D eigenvalue weighted by Crippen LogP contribution is 2.20. The minimum atomic E-state index is 0.199. The van der Waals surface area contributed by atoms with Gasteiger partial charge in [-0.15, -0.1) is 0 Å². The molecule has 0 atom stereocenters. The molecular weight excluding hydrogens is 186 g/mol. The van der Waals surface area contributed by atoms with E-state index >= 15 is 0 Å². The third-order valence-corrected chi connectivity index (χ3v) is 3.02. The molecule has 0 spiro atoms. The maximum absolute atomic E-state index is 12.1. The molecule has 1 aromatic rings. The van der Waals surface area contributed by atoms with Crippen LogP contribution in [0.15, 0.2) is 30.3 Å². The molecule has 0 saturated carbocycles. The first kappa shape index (κ1) is 10.4. The van der Waals surface area contributed by atoms with E-state index in [1.54, 1.807) is 0 Å². The highest BCUT2D eigenvalue weighted by atomic mass is 16.1. The highest BCUT2D eigenvalue weighted by molar-refractivity contribution is 5.97. The van der Waals surface area contributed by atoms with Crippen LogP contribution in [0, 0.1) is 13.0 Å². The van der Waals surface area contributed by atoms with Crippen LogP contribution in [0.5, 0.6) is 0 Å². The standard InChI is InChI=1S/C13H16NO/c1-14-9-7-12(8-10-14)13(15)11-5-3-2-4-6-11/h2-6,12H,1,7-10H2/q-1. The summed E-state index contributed by atoms with van der Waals surface area (Å²) in [6, 6.07) is 9.58.